The lowest BCUT2D eigenvalue weighted by atomic mass is 9.90. The third-order valence-electron chi connectivity index (χ3n) is 7.80. The molecule has 194 valence electrons. The van der Waals surface area contributed by atoms with Crippen molar-refractivity contribution in [1.29, 1.82) is 5.26 Å². The van der Waals surface area contributed by atoms with Crippen LogP contribution in [0.3, 0.4) is 0 Å². The van der Waals surface area contributed by atoms with E-state index in [-0.39, 0.29) is 10.9 Å². The highest BCUT2D eigenvalue weighted by Crippen LogP contribution is 2.42. The minimum atomic E-state index is -0.106. The molecule has 0 saturated carbocycles. The van der Waals surface area contributed by atoms with Crippen LogP contribution in [0, 0.1) is 11.3 Å². The van der Waals surface area contributed by atoms with Crippen molar-refractivity contribution in [2.75, 3.05) is 0 Å². The van der Waals surface area contributed by atoms with Gasteiger partial charge >= 0.3 is 0 Å². The number of nitriles is 1. The third kappa shape index (κ3) is 4.97. The Kier molecular flexibility index (Phi) is 6.73. The zero-order valence-corrected chi connectivity index (χ0v) is 23.4. The van der Waals surface area contributed by atoms with E-state index in [9.17, 15) is 5.26 Å². The predicted molar refractivity (Wildman–Crippen MR) is 175 cm³/mol. The lowest BCUT2D eigenvalue weighted by molar-refractivity contribution is 1.29. The molecular formula is C39H28NS+. The van der Waals surface area contributed by atoms with Gasteiger partial charge in [-0.05, 0) is 74.8 Å². The van der Waals surface area contributed by atoms with Crippen LogP contribution in [0.4, 0.5) is 0 Å². The Labute approximate surface area is 243 Å². The number of nitrogens with zero attached hydrogens (tertiary/aromatic N) is 1. The molecule has 0 radical (unpaired) electrons. The molecule has 1 unspecified atom stereocenters. The van der Waals surface area contributed by atoms with Crippen LogP contribution in [0.15, 0.2) is 150 Å². The number of hydrogen-bond donors (Lipinski definition) is 0. The molecule has 1 atom stereocenters. The fourth-order valence-electron chi connectivity index (χ4n) is 5.83. The van der Waals surface area contributed by atoms with Gasteiger partial charge in [0.2, 0.25) is 0 Å². The first kappa shape index (κ1) is 25.1. The number of benzene rings is 7. The van der Waals surface area contributed by atoms with E-state index in [1.165, 1.54) is 59.5 Å². The van der Waals surface area contributed by atoms with Crippen LogP contribution < -0.4 is 0 Å². The van der Waals surface area contributed by atoms with Gasteiger partial charge in [0, 0.05) is 33.1 Å². The molecule has 0 saturated heterocycles. The van der Waals surface area contributed by atoms with Gasteiger partial charge in [0.05, 0.1) is 11.6 Å². The highest BCUT2D eigenvalue weighted by Gasteiger charge is 2.28. The summed E-state index contributed by atoms with van der Waals surface area (Å²) in [4.78, 5) is 1.38. The van der Waals surface area contributed by atoms with Crippen molar-refractivity contribution in [3.05, 3.63) is 162 Å². The lowest BCUT2D eigenvalue weighted by Gasteiger charge is -2.17. The molecule has 0 aromatic heterocycles. The van der Waals surface area contributed by atoms with Gasteiger partial charge in [-0.15, -0.1) is 0 Å². The van der Waals surface area contributed by atoms with Crippen molar-refractivity contribution in [3.63, 3.8) is 0 Å². The monoisotopic (exact) mass is 542 g/mol. The SMILES string of the molecule is N#Cc1ccc(C[S+](Cc2ccccc2)c2ccccc2-c2c3ccccc3cc3cc4ccccc4cc23)cc1. The second-order valence-electron chi connectivity index (χ2n) is 10.5. The molecule has 0 spiro atoms. The molecule has 41 heavy (non-hydrogen) atoms. The molecule has 2 heteroatoms. The Hall–Kier alpha value is -4.84. The maximum Gasteiger partial charge on any atom is 0.163 e. The summed E-state index contributed by atoms with van der Waals surface area (Å²) in [6, 6.07) is 54.7. The van der Waals surface area contributed by atoms with E-state index in [2.05, 4.69) is 140 Å². The molecule has 7 aromatic carbocycles. The van der Waals surface area contributed by atoms with E-state index in [0.29, 0.717) is 5.56 Å². The summed E-state index contributed by atoms with van der Waals surface area (Å²) in [7, 11) is -0.106. The Morgan fingerprint density at radius 2 is 1.07 bits per heavy atom. The van der Waals surface area contributed by atoms with Gasteiger partial charge in [-0.25, -0.2) is 0 Å². The van der Waals surface area contributed by atoms with E-state index in [1.807, 2.05) is 12.1 Å². The summed E-state index contributed by atoms with van der Waals surface area (Å²) < 4.78 is 0. The van der Waals surface area contributed by atoms with Crippen LogP contribution in [0.25, 0.3) is 43.4 Å². The molecule has 7 rings (SSSR count). The van der Waals surface area contributed by atoms with Gasteiger partial charge in [0.25, 0.3) is 0 Å². The third-order valence-corrected chi connectivity index (χ3v) is 10.1. The highest BCUT2D eigenvalue weighted by molar-refractivity contribution is 7.95. The zero-order valence-electron chi connectivity index (χ0n) is 22.6. The Morgan fingerprint density at radius 3 is 1.83 bits per heavy atom. The summed E-state index contributed by atoms with van der Waals surface area (Å²) in [5, 5.41) is 17.0. The van der Waals surface area contributed by atoms with Gasteiger partial charge in [-0.1, -0.05) is 103 Å². The molecule has 0 N–H and O–H groups in total. The van der Waals surface area contributed by atoms with E-state index in [1.54, 1.807) is 0 Å². The van der Waals surface area contributed by atoms with Crippen molar-refractivity contribution < 1.29 is 0 Å². The van der Waals surface area contributed by atoms with Crippen LogP contribution in [-0.2, 0) is 22.4 Å². The topological polar surface area (TPSA) is 23.8 Å². The fourth-order valence-corrected chi connectivity index (χ4v) is 8.19. The van der Waals surface area contributed by atoms with Crippen molar-refractivity contribution in [2.24, 2.45) is 0 Å². The van der Waals surface area contributed by atoms with E-state index < -0.39 is 0 Å². The van der Waals surface area contributed by atoms with Crippen LogP contribution in [0.2, 0.25) is 0 Å². The van der Waals surface area contributed by atoms with Crippen molar-refractivity contribution >= 4 is 43.2 Å². The van der Waals surface area contributed by atoms with Crippen LogP contribution >= 0.6 is 0 Å². The van der Waals surface area contributed by atoms with Crippen LogP contribution in [0.1, 0.15) is 16.7 Å². The first-order valence-corrected chi connectivity index (χ1v) is 15.5. The largest absolute Gasteiger partial charge is 0.192 e. The number of rotatable bonds is 6. The second-order valence-corrected chi connectivity index (χ2v) is 12.5. The lowest BCUT2D eigenvalue weighted by Crippen LogP contribution is -2.11. The quantitative estimate of drug-likeness (QED) is 0.151. The van der Waals surface area contributed by atoms with E-state index in [0.717, 1.165) is 11.5 Å². The molecule has 0 heterocycles. The average molecular weight is 543 g/mol. The summed E-state index contributed by atoms with van der Waals surface area (Å²) in [6.45, 7) is 0. The van der Waals surface area contributed by atoms with Crippen molar-refractivity contribution in [3.8, 4) is 17.2 Å². The maximum atomic E-state index is 9.34. The van der Waals surface area contributed by atoms with Gasteiger partial charge in [0.15, 0.2) is 4.90 Å². The number of fused-ring (bicyclic) bond motifs is 3. The second kappa shape index (κ2) is 11.0. The molecule has 0 amide bonds. The van der Waals surface area contributed by atoms with Gasteiger partial charge in [-0.3, -0.25) is 0 Å². The van der Waals surface area contributed by atoms with Gasteiger partial charge in [0.1, 0.15) is 11.5 Å². The first-order valence-electron chi connectivity index (χ1n) is 13.9. The van der Waals surface area contributed by atoms with Crippen molar-refractivity contribution in [2.45, 2.75) is 16.4 Å². The summed E-state index contributed by atoms with van der Waals surface area (Å²) >= 11 is 0. The summed E-state index contributed by atoms with van der Waals surface area (Å²) in [5.41, 5.74) is 5.91. The Morgan fingerprint density at radius 1 is 0.488 bits per heavy atom. The Bertz CT molecular complexity index is 2050. The summed E-state index contributed by atoms with van der Waals surface area (Å²) in [6.07, 6.45) is 0. The first-order chi connectivity index (χ1) is 20.3. The molecular weight excluding hydrogens is 515 g/mol. The molecule has 7 aromatic rings. The standard InChI is InChI=1S/C39H28NS/c40-25-28-18-20-30(21-19-28)27-41(26-29-10-2-1-3-11-29)38-17-9-8-16-36(38)39-35-15-7-6-14-33(35)23-34-22-31-12-4-5-13-32(31)24-37(34)39/h1-24H,26-27H2/q+1. The molecule has 0 bridgehead atoms. The minimum absolute atomic E-state index is 0.106. The van der Waals surface area contributed by atoms with E-state index >= 15 is 0 Å². The fraction of sp³-hybridized carbons (Fsp3) is 0.0513. The molecule has 1 nitrogen and oxygen atoms in total. The highest BCUT2D eigenvalue weighted by atomic mass is 32.2. The van der Waals surface area contributed by atoms with Gasteiger partial charge < -0.3 is 0 Å². The Balaban J connectivity index is 1.46. The molecule has 0 aliphatic carbocycles. The zero-order chi connectivity index (χ0) is 27.6. The van der Waals surface area contributed by atoms with Crippen LogP contribution in [-0.4, -0.2) is 0 Å². The van der Waals surface area contributed by atoms with E-state index in [4.69, 9.17) is 0 Å². The summed E-state index contributed by atoms with van der Waals surface area (Å²) in [5.74, 6) is 1.88. The predicted octanol–water partition coefficient (Wildman–Crippen LogP) is 10.1. The minimum Gasteiger partial charge on any atom is -0.192 e. The molecule has 0 aliphatic rings. The number of hydrogen-bond acceptors (Lipinski definition) is 1. The maximum absolute atomic E-state index is 9.34. The molecule has 0 fully saturated rings. The molecule has 0 aliphatic heterocycles. The normalized spacial score (nSPS) is 12.0. The van der Waals surface area contributed by atoms with Crippen LogP contribution in [0.5, 0.6) is 0 Å². The average Bonchev–Trinajstić information content (AvgIpc) is 3.03. The van der Waals surface area contributed by atoms with Crippen molar-refractivity contribution in [1.82, 2.24) is 0 Å². The van der Waals surface area contributed by atoms with Gasteiger partial charge in [-0.2, -0.15) is 5.26 Å². The smallest absolute Gasteiger partial charge is 0.163 e.